The van der Waals surface area contributed by atoms with Gasteiger partial charge in [0.05, 0.1) is 0 Å². The van der Waals surface area contributed by atoms with Crippen LogP contribution in [0.15, 0.2) is 170 Å². The molecule has 0 aliphatic carbocycles. The monoisotopic (exact) mass is 1140 g/mol. The Bertz CT molecular complexity index is 1890. The maximum atomic E-state index is 12.9. The van der Waals surface area contributed by atoms with E-state index < -0.39 is 6.10 Å². The van der Waals surface area contributed by atoms with Crippen LogP contribution >= 0.6 is 0 Å². The summed E-state index contributed by atoms with van der Waals surface area (Å²) in [6.45, 7) is 6.34. The SMILES string of the molecule is CC/C=C\C/C=C\C/C=C\C/C=C\C/C=C\C/C=C\CCCCCCCCC(=O)OCC(COC(=O)CCCCCCCCCCC/C=C\C/C=C\CCCCC)OC(=O)CCCC/C=C\C/C=C\C/C=C\C/C=C\C/C=C\C/C=C\CC. The van der Waals surface area contributed by atoms with E-state index in [4.69, 9.17) is 14.2 Å². The number of allylic oxidation sites excluding steroid dienone is 28. The van der Waals surface area contributed by atoms with Crippen molar-refractivity contribution in [3.8, 4) is 0 Å². The Hall–Kier alpha value is -5.23. The second-order valence-corrected chi connectivity index (χ2v) is 21.6. The highest BCUT2D eigenvalue weighted by Gasteiger charge is 2.19. The van der Waals surface area contributed by atoms with Crippen LogP contribution in [0.25, 0.3) is 0 Å². The van der Waals surface area contributed by atoms with Gasteiger partial charge in [-0.25, -0.2) is 0 Å². The molecule has 6 nitrogen and oxygen atoms in total. The molecule has 0 spiro atoms. The van der Waals surface area contributed by atoms with Crippen LogP contribution in [0, 0.1) is 0 Å². The average Bonchev–Trinajstić information content (AvgIpc) is 3.50. The van der Waals surface area contributed by atoms with Crippen LogP contribution in [0.4, 0.5) is 0 Å². The van der Waals surface area contributed by atoms with Crippen molar-refractivity contribution < 1.29 is 28.6 Å². The van der Waals surface area contributed by atoms with Gasteiger partial charge in [-0.05, 0) is 154 Å². The molecule has 6 heteroatoms. The number of carbonyl (C=O) groups excluding carboxylic acids is 3. The zero-order valence-electron chi connectivity index (χ0n) is 53.4. The van der Waals surface area contributed by atoms with E-state index in [9.17, 15) is 14.4 Å². The molecule has 0 aliphatic heterocycles. The van der Waals surface area contributed by atoms with Crippen LogP contribution in [-0.2, 0) is 28.6 Å². The second kappa shape index (κ2) is 69.3. The Morgan fingerprint density at radius 3 is 0.759 bits per heavy atom. The Balaban J connectivity index is 4.53. The third-order valence-corrected chi connectivity index (χ3v) is 13.7. The predicted molar refractivity (Wildman–Crippen MR) is 361 cm³/mol. The Morgan fingerprint density at radius 1 is 0.253 bits per heavy atom. The van der Waals surface area contributed by atoms with Gasteiger partial charge in [-0.2, -0.15) is 0 Å². The molecule has 0 aromatic carbocycles. The van der Waals surface area contributed by atoms with Gasteiger partial charge in [0, 0.05) is 19.3 Å². The molecule has 0 radical (unpaired) electrons. The zero-order chi connectivity index (χ0) is 59.9. The van der Waals surface area contributed by atoms with Crippen LogP contribution in [0.1, 0.15) is 278 Å². The molecule has 0 fully saturated rings. The fourth-order valence-corrected chi connectivity index (χ4v) is 8.71. The number of esters is 3. The van der Waals surface area contributed by atoms with E-state index in [2.05, 4.69) is 191 Å². The lowest BCUT2D eigenvalue weighted by molar-refractivity contribution is -0.167. The Morgan fingerprint density at radius 2 is 0.470 bits per heavy atom. The van der Waals surface area contributed by atoms with Crippen molar-refractivity contribution in [1.29, 1.82) is 0 Å². The van der Waals surface area contributed by atoms with Gasteiger partial charge in [-0.1, -0.05) is 274 Å². The van der Waals surface area contributed by atoms with Gasteiger partial charge < -0.3 is 14.2 Å². The van der Waals surface area contributed by atoms with E-state index >= 15 is 0 Å². The van der Waals surface area contributed by atoms with Crippen LogP contribution in [-0.4, -0.2) is 37.2 Å². The minimum Gasteiger partial charge on any atom is -0.462 e. The minimum absolute atomic E-state index is 0.110. The summed E-state index contributed by atoms with van der Waals surface area (Å²) in [6, 6.07) is 0. The predicted octanol–water partition coefficient (Wildman–Crippen LogP) is 23.4. The van der Waals surface area contributed by atoms with Gasteiger partial charge in [-0.15, -0.1) is 0 Å². The summed E-state index contributed by atoms with van der Waals surface area (Å²) in [5, 5.41) is 0. The van der Waals surface area contributed by atoms with Crippen molar-refractivity contribution in [2.24, 2.45) is 0 Å². The summed E-state index contributed by atoms with van der Waals surface area (Å²) in [5.74, 6) is -0.974. The topological polar surface area (TPSA) is 78.9 Å². The molecule has 0 aromatic rings. The van der Waals surface area contributed by atoms with E-state index in [0.717, 1.165) is 148 Å². The normalized spacial score (nSPS) is 13.2. The van der Waals surface area contributed by atoms with Gasteiger partial charge >= 0.3 is 17.9 Å². The number of carbonyl (C=O) groups is 3. The lowest BCUT2D eigenvalue weighted by Crippen LogP contribution is -2.30. The van der Waals surface area contributed by atoms with E-state index in [-0.39, 0.29) is 37.5 Å². The van der Waals surface area contributed by atoms with Gasteiger partial charge in [0.15, 0.2) is 6.10 Å². The van der Waals surface area contributed by atoms with E-state index in [1.807, 2.05) is 0 Å². The summed E-state index contributed by atoms with van der Waals surface area (Å²) < 4.78 is 16.9. The highest BCUT2D eigenvalue weighted by Crippen LogP contribution is 2.14. The molecule has 0 aromatic heterocycles. The second-order valence-electron chi connectivity index (χ2n) is 21.6. The van der Waals surface area contributed by atoms with E-state index in [1.165, 1.54) is 83.5 Å². The third kappa shape index (κ3) is 67.4. The molecule has 0 heterocycles. The molecular formula is C77H122O6. The molecule has 0 rings (SSSR count). The van der Waals surface area contributed by atoms with Crippen molar-refractivity contribution in [3.05, 3.63) is 170 Å². The number of hydrogen-bond acceptors (Lipinski definition) is 6. The first-order valence-corrected chi connectivity index (χ1v) is 33.6. The maximum absolute atomic E-state index is 12.9. The first-order chi connectivity index (χ1) is 41.0. The highest BCUT2D eigenvalue weighted by atomic mass is 16.6. The molecule has 1 unspecified atom stereocenters. The Kier molecular flexibility index (Phi) is 64.9. The molecular weight excluding hydrogens is 1020 g/mol. The maximum Gasteiger partial charge on any atom is 0.306 e. The highest BCUT2D eigenvalue weighted by molar-refractivity contribution is 5.71. The summed E-state index contributed by atoms with van der Waals surface area (Å²) >= 11 is 0. The third-order valence-electron chi connectivity index (χ3n) is 13.7. The molecule has 0 N–H and O–H groups in total. The van der Waals surface area contributed by atoms with Crippen LogP contribution in [0.5, 0.6) is 0 Å². The molecule has 1 atom stereocenters. The largest absolute Gasteiger partial charge is 0.462 e. The summed E-state index contributed by atoms with van der Waals surface area (Å²) in [7, 11) is 0. The minimum atomic E-state index is -0.821. The Labute approximate surface area is 511 Å². The summed E-state index contributed by atoms with van der Waals surface area (Å²) in [6.07, 6.45) is 102. The molecule has 0 saturated heterocycles. The molecule has 0 aliphatic rings. The van der Waals surface area contributed by atoms with E-state index in [0.29, 0.717) is 19.3 Å². The fourth-order valence-electron chi connectivity index (χ4n) is 8.71. The van der Waals surface area contributed by atoms with Crippen molar-refractivity contribution in [2.75, 3.05) is 13.2 Å². The van der Waals surface area contributed by atoms with Crippen molar-refractivity contribution in [3.63, 3.8) is 0 Å². The fraction of sp³-hybridized carbons (Fsp3) is 0.597. The van der Waals surface area contributed by atoms with Gasteiger partial charge in [0.2, 0.25) is 0 Å². The van der Waals surface area contributed by atoms with Crippen molar-refractivity contribution in [1.82, 2.24) is 0 Å². The molecule has 0 bridgehead atoms. The zero-order valence-corrected chi connectivity index (χ0v) is 53.4. The quantitative estimate of drug-likeness (QED) is 0.0261. The van der Waals surface area contributed by atoms with Crippen molar-refractivity contribution in [2.45, 2.75) is 284 Å². The smallest absolute Gasteiger partial charge is 0.306 e. The molecule has 0 amide bonds. The molecule has 0 saturated carbocycles. The number of unbranched alkanes of at least 4 members (excludes halogenated alkanes) is 20. The lowest BCUT2D eigenvalue weighted by atomic mass is 10.1. The van der Waals surface area contributed by atoms with Crippen LogP contribution < -0.4 is 0 Å². The number of hydrogen-bond donors (Lipinski definition) is 0. The molecule has 466 valence electrons. The van der Waals surface area contributed by atoms with Gasteiger partial charge in [-0.3, -0.25) is 14.4 Å². The average molecular weight is 1140 g/mol. The van der Waals surface area contributed by atoms with Crippen LogP contribution in [0.2, 0.25) is 0 Å². The molecule has 83 heavy (non-hydrogen) atoms. The summed E-state index contributed by atoms with van der Waals surface area (Å²) in [5.41, 5.74) is 0. The van der Waals surface area contributed by atoms with Crippen LogP contribution in [0.3, 0.4) is 0 Å². The van der Waals surface area contributed by atoms with E-state index in [1.54, 1.807) is 0 Å². The van der Waals surface area contributed by atoms with Crippen molar-refractivity contribution >= 4 is 17.9 Å². The first kappa shape index (κ1) is 77.8. The first-order valence-electron chi connectivity index (χ1n) is 33.6. The van der Waals surface area contributed by atoms with Gasteiger partial charge in [0.25, 0.3) is 0 Å². The summed E-state index contributed by atoms with van der Waals surface area (Å²) in [4.78, 5) is 38.4. The lowest BCUT2D eigenvalue weighted by Gasteiger charge is -2.18. The standard InChI is InChI=1S/C77H122O6/c1-4-7-10-13-16-19-22-25-28-31-34-36-37-38-39-41-43-46-49-52-55-58-61-64-67-70-76(79)82-73-74(72-81-75(78)69-66-63-60-57-54-51-48-45-42-33-30-27-24-21-18-15-12-9-6-3)83-77(80)71-68-65-62-59-56-53-50-47-44-40-35-32-29-26-23-20-17-14-11-8-5-2/h7-8,10-11,16-21,25-30,34-36,38-40,43,46-47,50,56,59,74H,4-6,9,12-15,22-24,31-33,37,41-42,44-45,48-49,51-55,57-58,60-73H2,1-3H3/b10-7-,11-8-,19-16-,20-17-,21-18-,28-25-,29-26-,30-27-,36-34-,39-38-,40-35-,46-43-,50-47-,59-56-. The number of ether oxygens (including phenoxy) is 3. The number of rotatable bonds is 59. The van der Waals surface area contributed by atoms with Gasteiger partial charge in [0.1, 0.15) is 13.2 Å².